The number of nitrogens with one attached hydrogen (secondary N) is 2. The molecule has 0 bridgehead atoms. The smallest absolute Gasteiger partial charge is 0.338 e. The molecule has 6 rings (SSSR count). The van der Waals surface area contributed by atoms with E-state index in [-0.39, 0.29) is 33.8 Å². The Morgan fingerprint density at radius 1 is 0.920 bits per heavy atom. The van der Waals surface area contributed by atoms with E-state index in [1.807, 2.05) is 0 Å². The van der Waals surface area contributed by atoms with E-state index in [4.69, 9.17) is 18.9 Å². The van der Waals surface area contributed by atoms with Gasteiger partial charge in [0.05, 0.1) is 23.0 Å². The number of amides is 1. The van der Waals surface area contributed by atoms with Crippen LogP contribution in [0.5, 0.6) is 0 Å². The monoisotopic (exact) mass is 678 g/mol. The normalized spacial score (nSPS) is 19.6. The molecule has 1 saturated heterocycles. The van der Waals surface area contributed by atoms with Crippen LogP contribution in [0.2, 0.25) is 0 Å². The van der Waals surface area contributed by atoms with Crippen LogP contribution in [0.25, 0.3) is 21.6 Å². The molecule has 1 aliphatic rings. The van der Waals surface area contributed by atoms with Crippen molar-refractivity contribution < 1.29 is 38.1 Å². The number of carbonyl (C=O) groups is 4. The number of benzene rings is 3. The Labute approximate surface area is 281 Å². The van der Waals surface area contributed by atoms with Crippen LogP contribution in [0.4, 0.5) is 5.95 Å². The molecule has 0 spiro atoms. The predicted octanol–water partition coefficient (Wildman–Crippen LogP) is 3.92. The first-order valence-corrected chi connectivity index (χ1v) is 14.9. The second-order valence-corrected chi connectivity index (χ2v) is 10.8. The van der Waals surface area contributed by atoms with Crippen molar-refractivity contribution in [2.75, 3.05) is 11.9 Å². The van der Waals surface area contributed by atoms with Gasteiger partial charge in [-0.2, -0.15) is 4.98 Å². The van der Waals surface area contributed by atoms with Crippen LogP contribution in [0.1, 0.15) is 44.2 Å². The molecule has 0 aliphatic carbocycles. The molecule has 252 valence electrons. The van der Waals surface area contributed by atoms with Crippen molar-refractivity contribution >= 4 is 40.9 Å². The van der Waals surface area contributed by atoms with Gasteiger partial charge in [0.25, 0.3) is 5.56 Å². The zero-order valence-corrected chi connectivity index (χ0v) is 26.0. The van der Waals surface area contributed by atoms with E-state index in [1.54, 1.807) is 54.6 Å². The molecule has 1 amide bonds. The van der Waals surface area contributed by atoms with Gasteiger partial charge >= 0.3 is 17.9 Å². The highest BCUT2D eigenvalue weighted by atomic mass is 16.7. The van der Waals surface area contributed by atoms with E-state index in [1.165, 1.54) is 47.9 Å². The number of nitrogens with zero attached hydrogens (tertiary/aromatic N) is 6. The Hall–Kier alpha value is -6.84. The summed E-state index contributed by atoms with van der Waals surface area (Å²) >= 11 is 0. The number of hydrogen-bond acceptors (Lipinski definition) is 12. The van der Waals surface area contributed by atoms with E-state index in [0.717, 1.165) is 6.33 Å². The minimum atomic E-state index is -2.37. The lowest BCUT2D eigenvalue weighted by Crippen LogP contribution is -2.49. The minimum absolute atomic E-state index is 0.0847. The number of carbonyl (C=O) groups excluding carboxylic acids is 4. The van der Waals surface area contributed by atoms with Gasteiger partial charge in [0.1, 0.15) is 6.61 Å². The van der Waals surface area contributed by atoms with Crippen molar-refractivity contribution in [2.45, 2.75) is 31.1 Å². The summed E-state index contributed by atoms with van der Waals surface area (Å²) in [6.07, 6.45) is -3.88. The number of azide groups is 1. The van der Waals surface area contributed by atoms with E-state index >= 15 is 0 Å². The molecule has 3 aromatic carbocycles. The fourth-order valence-corrected chi connectivity index (χ4v) is 5.23. The number of H-pyrrole nitrogens is 1. The van der Waals surface area contributed by atoms with E-state index in [9.17, 15) is 29.5 Å². The molecule has 2 aromatic heterocycles. The fourth-order valence-electron chi connectivity index (χ4n) is 5.23. The molecule has 5 aromatic rings. The summed E-state index contributed by atoms with van der Waals surface area (Å²) < 4.78 is 24.9. The van der Waals surface area contributed by atoms with Crippen molar-refractivity contribution in [1.82, 2.24) is 19.5 Å². The zero-order chi connectivity index (χ0) is 35.3. The maximum Gasteiger partial charge on any atom is 0.338 e. The summed E-state index contributed by atoms with van der Waals surface area (Å²) in [4.78, 5) is 78.7. The summed E-state index contributed by atoms with van der Waals surface area (Å²) in [6, 6.07) is 23.5. The first kappa shape index (κ1) is 33.1. The standard InChI is InChI=1S/C33H26N8O9/c1-19(42)36-32-37-26-23(27(43)38-32)35-18-41(26)28-24(48-30(45)21-13-7-3-8-14-21)25(49-31(46)22-15-9-4-10-16-22)33(50-28,39-40-34)17-47-29(44)20-11-5-2-6-12-20/h2-16,18,24-25,28H,17H2,1H3,(H2,36,37,38,42,43)/t24-,25+,28-,33-/m1/s1. The summed E-state index contributed by atoms with van der Waals surface area (Å²) in [5.74, 6) is -3.43. The van der Waals surface area contributed by atoms with Crippen LogP contribution in [0.3, 0.4) is 0 Å². The number of aromatic amines is 1. The summed E-state index contributed by atoms with van der Waals surface area (Å²) in [6.45, 7) is 0.377. The number of rotatable bonds is 10. The molecule has 2 N–H and O–H groups in total. The Kier molecular flexibility index (Phi) is 9.33. The number of ether oxygens (including phenoxy) is 4. The number of imidazole rings is 1. The van der Waals surface area contributed by atoms with Gasteiger partial charge in [-0.1, -0.05) is 59.7 Å². The van der Waals surface area contributed by atoms with Crippen LogP contribution < -0.4 is 10.9 Å². The van der Waals surface area contributed by atoms with Gasteiger partial charge in [-0.3, -0.25) is 24.5 Å². The molecule has 0 unspecified atom stereocenters. The maximum atomic E-state index is 13.6. The predicted molar refractivity (Wildman–Crippen MR) is 172 cm³/mol. The Bertz CT molecular complexity index is 2170. The maximum absolute atomic E-state index is 13.6. The van der Waals surface area contributed by atoms with Crippen LogP contribution in [0, 0.1) is 0 Å². The number of anilines is 1. The Balaban J connectivity index is 1.50. The molecule has 4 atom stereocenters. The molecule has 17 heteroatoms. The van der Waals surface area contributed by atoms with Crippen LogP contribution in [-0.4, -0.2) is 67.9 Å². The van der Waals surface area contributed by atoms with E-state index in [0.29, 0.717) is 0 Å². The van der Waals surface area contributed by atoms with Crippen molar-refractivity contribution in [3.05, 3.63) is 135 Å². The highest BCUT2D eigenvalue weighted by Gasteiger charge is 2.61. The average Bonchev–Trinajstić information content (AvgIpc) is 3.67. The largest absolute Gasteiger partial charge is 0.459 e. The lowest BCUT2D eigenvalue weighted by Gasteiger charge is -2.29. The molecule has 50 heavy (non-hydrogen) atoms. The second-order valence-electron chi connectivity index (χ2n) is 10.8. The van der Waals surface area contributed by atoms with Gasteiger partial charge in [0, 0.05) is 11.8 Å². The molecule has 17 nitrogen and oxygen atoms in total. The molecule has 0 saturated carbocycles. The van der Waals surface area contributed by atoms with Gasteiger partial charge in [0.15, 0.2) is 29.6 Å². The number of fused-ring (bicyclic) bond motifs is 1. The van der Waals surface area contributed by atoms with Crippen LogP contribution >= 0.6 is 0 Å². The minimum Gasteiger partial charge on any atom is -0.459 e. The van der Waals surface area contributed by atoms with E-state index in [2.05, 4.69) is 30.3 Å². The van der Waals surface area contributed by atoms with Crippen LogP contribution in [-0.2, 0) is 23.7 Å². The first-order valence-electron chi connectivity index (χ1n) is 14.9. The van der Waals surface area contributed by atoms with Gasteiger partial charge in [0.2, 0.25) is 17.6 Å². The second kappa shape index (κ2) is 14.1. The quantitative estimate of drug-likeness (QED) is 0.0707. The van der Waals surface area contributed by atoms with Crippen molar-refractivity contribution in [1.29, 1.82) is 0 Å². The molecular weight excluding hydrogens is 652 g/mol. The van der Waals surface area contributed by atoms with Gasteiger partial charge in [-0.15, -0.1) is 0 Å². The SMILES string of the molecule is CC(=O)Nc1nc2c(ncn2[C@@H]2O[C@@](COC(=O)c3ccccc3)(N=[N+]=[N-])[C@@H](OC(=O)c3ccccc3)[C@H]2OC(=O)c2ccccc2)c(=O)[nH]1. The van der Waals surface area contributed by atoms with E-state index < -0.39 is 60.1 Å². The number of esters is 3. The fraction of sp³-hybridized carbons (Fsp3) is 0.182. The lowest BCUT2D eigenvalue weighted by atomic mass is 10.0. The summed E-state index contributed by atoms with van der Waals surface area (Å²) in [5, 5.41) is 6.21. The van der Waals surface area contributed by atoms with Crippen molar-refractivity contribution in [3.8, 4) is 0 Å². The first-order chi connectivity index (χ1) is 24.2. The molecule has 3 heterocycles. The van der Waals surface area contributed by atoms with Crippen LogP contribution in [0.15, 0.2) is 107 Å². The molecule has 1 fully saturated rings. The van der Waals surface area contributed by atoms with Crippen molar-refractivity contribution in [2.24, 2.45) is 5.11 Å². The molecular formula is C33H26N8O9. The zero-order valence-electron chi connectivity index (χ0n) is 26.0. The van der Waals surface area contributed by atoms with Crippen molar-refractivity contribution in [3.63, 3.8) is 0 Å². The Morgan fingerprint density at radius 3 is 2.04 bits per heavy atom. The third-order valence-corrected chi connectivity index (χ3v) is 7.48. The highest BCUT2D eigenvalue weighted by molar-refractivity contribution is 5.91. The third kappa shape index (κ3) is 6.75. The topological polar surface area (TPSA) is 230 Å². The molecule has 1 aliphatic heterocycles. The summed E-state index contributed by atoms with van der Waals surface area (Å²) in [5.41, 5.74) is 6.68. The highest BCUT2D eigenvalue weighted by Crippen LogP contribution is 2.44. The molecule has 0 radical (unpaired) electrons. The van der Waals surface area contributed by atoms with Gasteiger partial charge in [-0.25, -0.2) is 19.4 Å². The Morgan fingerprint density at radius 2 is 1.48 bits per heavy atom. The number of hydrogen-bond donors (Lipinski definition) is 2. The average molecular weight is 679 g/mol. The lowest BCUT2D eigenvalue weighted by molar-refractivity contribution is -0.127. The summed E-state index contributed by atoms with van der Waals surface area (Å²) in [7, 11) is 0. The van der Waals surface area contributed by atoms with Gasteiger partial charge < -0.3 is 18.9 Å². The number of aromatic nitrogens is 4. The van der Waals surface area contributed by atoms with Gasteiger partial charge in [-0.05, 0) is 41.9 Å². The third-order valence-electron chi connectivity index (χ3n) is 7.48.